The molecule has 1 aromatic heterocycles. The topological polar surface area (TPSA) is 48.1 Å². The molecule has 0 fully saturated rings. The fraction of sp³-hybridized carbons (Fsp3) is 0.267. The van der Waals surface area contributed by atoms with Crippen molar-refractivity contribution in [3.63, 3.8) is 0 Å². The molecule has 0 radical (unpaired) electrons. The Morgan fingerprint density at radius 3 is 2.78 bits per heavy atom. The second-order valence-electron chi connectivity index (χ2n) is 4.66. The van der Waals surface area contributed by atoms with Gasteiger partial charge in [0.25, 0.3) is 0 Å². The van der Waals surface area contributed by atoms with Crippen molar-refractivity contribution in [1.82, 2.24) is 4.98 Å². The summed E-state index contributed by atoms with van der Waals surface area (Å²) >= 11 is 0. The molecule has 0 aliphatic carbocycles. The maximum absolute atomic E-state index is 5.99. The quantitative estimate of drug-likeness (QED) is 0.833. The zero-order chi connectivity index (χ0) is 12.5. The first kappa shape index (κ1) is 11.2. The minimum absolute atomic E-state index is 0.199. The maximum Gasteiger partial charge on any atom is 0.149 e. The Bertz CT molecular complexity index is 568. The van der Waals surface area contributed by atoms with Gasteiger partial charge in [0.05, 0.1) is 5.69 Å². The van der Waals surface area contributed by atoms with Gasteiger partial charge in [-0.25, -0.2) is 0 Å². The van der Waals surface area contributed by atoms with Crippen LogP contribution in [0.3, 0.4) is 0 Å². The Balaban J connectivity index is 2.20. The van der Waals surface area contributed by atoms with E-state index in [0.29, 0.717) is 12.5 Å². The number of nitrogens with zero attached hydrogens (tertiary/aromatic N) is 1. The molecule has 3 heteroatoms. The molecule has 0 spiro atoms. The van der Waals surface area contributed by atoms with Gasteiger partial charge in [-0.2, -0.15) is 0 Å². The van der Waals surface area contributed by atoms with Crippen LogP contribution in [0.1, 0.15) is 30.0 Å². The number of hydrogen-bond donors (Lipinski definition) is 1. The molecule has 2 N–H and O–H groups in total. The number of pyridine rings is 1. The highest BCUT2D eigenvalue weighted by Gasteiger charge is 2.29. The lowest BCUT2D eigenvalue weighted by Gasteiger charge is -2.20. The Morgan fingerprint density at radius 2 is 1.94 bits per heavy atom. The summed E-state index contributed by atoms with van der Waals surface area (Å²) in [5.74, 6) is 2.24. The molecule has 3 nitrogen and oxygen atoms in total. The molecule has 92 valence electrons. The van der Waals surface area contributed by atoms with Gasteiger partial charge in [-0.05, 0) is 29.7 Å². The Labute approximate surface area is 107 Å². The lowest BCUT2D eigenvalue weighted by atomic mass is 9.85. The SMILES string of the molecule is C[C@@H]1c2ccccc2Oc2cccnc2[C@@H]1CN. The molecule has 1 aliphatic rings. The third kappa shape index (κ3) is 1.68. The van der Waals surface area contributed by atoms with Crippen molar-refractivity contribution in [2.75, 3.05) is 6.54 Å². The molecule has 3 rings (SSSR count). The Morgan fingerprint density at radius 1 is 1.17 bits per heavy atom. The van der Waals surface area contributed by atoms with E-state index in [1.54, 1.807) is 6.20 Å². The lowest BCUT2D eigenvalue weighted by molar-refractivity contribution is 0.474. The largest absolute Gasteiger partial charge is 0.455 e. The molecule has 2 aromatic rings. The molecule has 0 unspecified atom stereocenters. The van der Waals surface area contributed by atoms with Crippen LogP contribution in [0.15, 0.2) is 42.6 Å². The van der Waals surface area contributed by atoms with Gasteiger partial charge >= 0.3 is 0 Å². The number of hydrogen-bond acceptors (Lipinski definition) is 3. The first-order chi connectivity index (χ1) is 8.81. The average Bonchev–Trinajstić information content (AvgIpc) is 2.53. The molecule has 0 saturated carbocycles. The molecule has 0 saturated heterocycles. The van der Waals surface area contributed by atoms with Crippen LogP contribution >= 0.6 is 0 Å². The number of rotatable bonds is 1. The summed E-state index contributed by atoms with van der Waals surface area (Å²) in [4.78, 5) is 4.46. The van der Waals surface area contributed by atoms with E-state index in [-0.39, 0.29) is 5.92 Å². The fourth-order valence-electron chi connectivity index (χ4n) is 2.60. The molecular formula is C15H16N2O. The van der Waals surface area contributed by atoms with Crippen LogP contribution in [-0.2, 0) is 0 Å². The van der Waals surface area contributed by atoms with Crippen molar-refractivity contribution in [2.24, 2.45) is 5.73 Å². The summed E-state index contributed by atoms with van der Waals surface area (Å²) in [5, 5.41) is 0. The smallest absolute Gasteiger partial charge is 0.149 e. The van der Waals surface area contributed by atoms with Crippen LogP contribution in [0.4, 0.5) is 0 Å². The van der Waals surface area contributed by atoms with Crippen molar-refractivity contribution < 1.29 is 4.74 Å². The highest BCUT2D eigenvalue weighted by Crippen LogP contribution is 2.44. The van der Waals surface area contributed by atoms with Crippen LogP contribution in [-0.4, -0.2) is 11.5 Å². The fourth-order valence-corrected chi connectivity index (χ4v) is 2.60. The van der Waals surface area contributed by atoms with Crippen molar-refractivity contribution in [3.05, 3.63) is 53.9 Å². The number of para-hydroxylation sites is 1. The number of ether oxygens (including phenoxy) is 1. The van der Waals surface area contributed by atoms with Crippen molar-refractivity contribution in [2.45, 2.75) is 18.8 Å². The Kier molecular flexibility index (Phi) is 2.76. The van der Waals surface area contributed by atoms with Gasteiger partial charge < -0.3 is 10.5 Å². The van der Waals surface area contributed by atoms with E-state index in [2.05, 4.69) is 18.0 Å². The second-order valence-corrected chi connectivity index (χ2v) is 4.66. The molecular weight excluding hydrogens is 224 g/mol. The second kappa shape index (κ2) is 4.42. The number of aromatic nitrogens is 1. The number of fused-ring (bicyclic) bond motifs is 2. The lowest BCUT2D eigenvalue weighted by Crippen LogP contribution is -2.18. The molecule has 18 heavy (non-hydrogen) atoms. The normalized spacial score (nSPS) is 21.4. The van der Waals surface area contributed by atoms with E-state index in [0.717, 1.165) is 17.2 Å². The molecule has 2 heterocycles. The monoisotopic (exact) mass is 240 g/mol. The van der Waals surface area contributed by atoms with Crippen molar-refractivity contribution in [3.8, 4) is 11.5 Å². The summed E-state index contributed by atoms with van der Waals surface area (Å²) in [6.45, 7) is 2.76. The van der Waals surface area contributed by atoms with Gasteiger partial charge in [-0.15, -0.1) is 0 Å². The number of nitrogens with two attached hydrogens (primary N) is 1. The van der Waals surface area contributed by atoms with Crippen LogP contribution in [0.25, 0.3) is 0 Å². The highest BCUT2D eigenvalue weighted by atomic mass is 16.5. The van der Waals surface area contributed by atoms with Gasteiger partial charge in [0, 0.05) is 18.7 Å². The predicted octanol–water partition coefficient (Wildman–Crippen LogP) is 3.03. The first-order valence-electron chi connectivity index (χ1n) is 6.23. The van der Waals surface area contributed by atoms with Gasteiger partial charge in [-0.3, -0.25) is 4.98 Å². The van der Waals surface area contributed by atoms with E-state index in [9.17, 15) is 0 Å². The molecule has 2 atom stereocenters. The highest BCUT2D eigenvalue weighted by molar-refractivity contribution is 5.46. The average molecular weight is 240 g/mol. The zero-order valence-electron chi connectivity index (χ0n) is 10.3. The summed E-state index contributed by atoms with van der Waals surface area (Å²) in [6, 6.07) is 12.0. The van der Waals surface area contributed by atoms with Gasteiger partial charge in [0.2, 0.25) is 0 Å². The summed E-state index contributed by atoms with van der Waals surface area (Å²) in [6.07, 6.45) is 1.80. The van der Waals surface area contributed by atoms with E-state index in [1.165, 1.54) is 5.56 Å². The maximum atomic E-state index is 5.99. The van der Waals surface area contributed by atoms with E-state index < -0.39 is 0 Å². The Hall–Kier alpha value is -1.87. The van der Waals surface area contributed by atoms with E-state index in [1.807, 2.05) is 30.3 Å². The zero-order valence-corrected chi connectivity index (χ0v) is 10.3. The predicted molar refractivity (Wildman–Crippen MR) is 71.0 cm³/mol. The number of benzene rings is 1. The van der Waals surface area contributed by atoms with Crippen molar-refractivity contribution in [1.29, 1.82) is 0 Å². The summed E-state index contributed by atoms with van der Waals surface area (Å²) < 4.78 is 5.99. The van der Waals surface area contributed by atoms with Crippen LogP contribution < -0.4 is 10.5 Å². The molecule has 0 bridgehead atoms. The van der Waals surface area contributed by atoms with Crippen LogP contribution in [0.2, 0.25) is 0 Å². The van der Waals surface area contributed by atoms with Gasteiger partial charge in [-0.1, -0.05) is 25.1 Å². The third-order valence-electron chi connectivity index (χ3n) is 3.64. The molecule has 1 aromatic carbocycles. The third-order valence-corrected chi connectivity index (χ3v) is 3.64. The molecule has 1 aliphatic heterocycles. The van der Waals surface area contributed by atoms with Crippen LogP contribution in [0.5, 0.6) is 11.5 Å². The standard InChI is InChI=1S/C15H16N2O/c1-10-11-5-2-3-6-13(11)18-14-7-4-8-17-15(14)12(10)9-16/h2-8,10,12H,9,16H2,1H3/t10-,12-/m1/s1. The summed E-state index contributed by atoms with van der Waals surface area (Å²) in [5.41, 5.74) is 8.10. The minimum atomic E-state index is 0.199. The van der Waals surface area contributed by atoms with Gasteiger partial charge in [0.15, 0.2) is 0 Å². The van der Waals surface area contributed by atoms with Crippen LogP contribution in [0, 0.1) is 0 Å². The van der Waals surface area contributed by atoms with E-state index >= 15 is 0 Å². The first-order valence-corrected chi connectivity index (χ1v) is 6.23. The minimum Gasteiger partial charge on any atom is -0.455 e. The van der Waals surface area contributed by atoms with Gasteiger partial charge in [0.1, 0.15) is 11.5 Å². The van der Waals surface area contributed by atoms with E-state index in [4.69, 9.17) is 10.5 Å². The molecule has 0 amide bonds. The van der Waals surface area contributed by atoms with Crippen molar-refractivity contribution >= 4 is 0 Å². The summed E-state index contributed by atoms with van der Waals surface area (Å²) in [7, 11) is 0.